The van der Waals surface area contributed by atoms with Crippen LogP contribution < -0.4 is 16.2 Å². The van der Waals surface area contributed by atoms with Crippen LogP contribution in [0.2, 0.25) is 0 Å². The SMILES string of the molecule is CCCCC(Nc1cccc(C)c1C)C(=O)NNc1ccccc1. The Balaban J connectivity index is 2.03. The molecule has 2 rings (SSSR count). The van der Waals surface area contributed by atoms with E-state index in [4.69, 9.17) is 0 Å². The van der Waals surface area contributed by atoms with Crippen molar-refractivity contribution in [1.29, 1.82) is 0 Å². The lowest BCUT2D eigenvalue weighted by molar-refractivity contribution is -0.121. The lowest BCUT2D eigenvalue weighted by Gasteiger charge is -2.21. The molecule has 0 bridgehead atoms. The van der Waals surface area contributed by atoms with E-state index in [0.29, 0.717) is 0 Å². The van der Waals surface area contributed by atoms with Crippen molar-refractivity contribution in [2.45, 2.75) is 46.1 Å². The maximum Gasteiger partial charge on any atom is 0.260 e. The van der Waals surface area contributed by atoms with Gasteiger partial charge < -0.3 is 5.32 Å². The van der Waals surface area contributed by atoms with Gasteiger partial charge in [0, 0.05) is 5.69 Å². The van der Waals surface area contributed by atoms with Gasteiger partial charge in [-0.15, -0.1) is 0 Å². The molecule has 0 aliphatic rings. The summed E-state index contributed by atoms with van der Waals surface area (Å²) in [5, 5.41) is 3.41. The molecule has 0 saturated heterocycles. The highest BCUT2D eigenvalue weighted by molar-refractivity contribution is 5.85. The van der Waals surface area contributed by atoms with E-state index in [1.165, 1.54) is 11.1 Å². The van der Waals surface area contributed by atoms with Crippen LogP contribution in [0.25, 0.3) is 0 Å². The first-order chi connectivity index (χ1) is 11.6. The van der Waals surface area contributed by atoms with Gasteiger partial charge >= 0.3 is 0 Å². The number of aryl methyl sites for hydroxylation is 1. The zero-order chi connectivity index (χ0) is 17.4. The molecule has 0 aromatic heterocycles. The van der Waals surface area contributed by atoms with E-state index in [1.807, 2.05) is 42.5 Å². The summed E-state index contributed by atoms with van der Waals surface area (Å²) in [6.45, 7) is 6.29. The number of para-hydroxylation sites is 1. The van der Waals surface area contributed by atoms with Crippen LogP contribution in [0.5, 0.6) is 0 Å². The van der Waals surface area contributed by atoms with Gasteiger partial charge in [-0.2, -0.15) is 0 Å². The lowest BCUT2D eigenvalue weighted by Crippen LogP contribution is -2.42. The highest BCUT2D eigenvalue weighted by Crippen LogP contribution is 2.20. The smallest absolute Gasteiger partial charge is 0.260 e. The first kappa shape index (κ1) is 17.9. The van der Waals surface area contributed by atoms with Crippen molar-refractivity contribution in [1.82, 2.24) is 5.43 Å². The van der Waals surface area contributed by atoms with Gasteiger partial charge in [0.25, 0.3) is 5.91 Å². The quantitative estimate of drug-likeness (QED) is 0.630. The van der Waals surface area contributed by atoms with Gasteiger partial charge in [0.15, 0.2) is 0 Å². The van der Waals surface area contributed by atoms with Crippen molar-refractivity contribution in [3.05, 3.63) is 59.7 Å². The lowest BCUT2D eigenvalue weighted by atomic mass is 10.1. The van der Waals surface area contributed by atoms with Crippen LogP contribution in [-0.4, -0.2) is 11.9 Å². The van der Waals surface area contributed by atoms with Crippen molar-refractivity contribution >= 4 is 17.3 Å². The van der Waals surface area contributed by atoms with Crippen molar-refractivity contribution in [3.8, 4) is 0 Å². The molecule has 0 heterocycles. The standard InChI is InChI=1S/C20H27N3O/c1-4-5-13-19(21-18-14-9-10-15(2)16(18)3)20(24)23-22-17-11-7-6-8-12-17/h6-12,14,19,21-22H,4-5,13H2,1-3H3,(H,23,24). The highest BCUT2D eigenvalue weighted by Gasteiger charge is 2.18. The molecule has 0 fully saturated rings. The van der Waals surface area contributed by atoms with E-state index in [9.17, 15) is 4.79 Å². The number of carbonyl (C=O) groups is 1. The summed E-state index contributed by atoms with van der Waals surface area (Å²) >= 11 is 0. The van der Waals surface area contributed by atoms with E-state index >= 15 is 0 Å². The van der Waals surface area contributed by atoms with Gasteiger partial charge in [-0.05, 0) is 49.6 Å². The number of anilines is 2. The molecule has 1 amide bonds. The van der Waals surface area contributed by atoms with Crippen LogP contribution in [0.3, 0.4) is 0 Å². The Kier molecular flexibility index (Phi) is 6.67. The van der Waals surface area contributed by atoms with Gasteiger partial charge in [0.05, 0.1) is 5.69 Å². The predicted octanol–water partition coefficient (Wildman–Crippen LogP) is 4.42. The second-order valence-corrected chi connectivity index (χ2v) is 6.07. The van der Waals surface area contributed by atoms with Crippen LogP contribution in [0.1, 0.15) is 37.3 Å². The molecule has 1 unspecified atom stereocenters. The van der Waals surface area contributed by atoms with Crippen LogP contribution in [0.15, 0.2) is 48.5 Å². The third kappa shape index (κ3) is 5.01. The van der Waals surface area contributed by atoms with Gasteiger partial charge in [0.2, 0.25) is 0 Å². The highest BCUT2D eigenvalue weighted by atomic mass is 16.2. The summed E-state index contributed by atoms with van der Waals surface area (Å²) in [6.07, 6.45) is 2.86. The second kappa shape index (κ2) is 8.96. The maximum atomic E-state index is 12.6. The Morgan fingerprint density at radius 3 is 2.50 bits per heavy atom. The topological polar surface area (TPSA) is 53.2 Å². The number of hydrogen-bond acceptors (Lipinski definition) is 3. The molecule has 0 radical (unpaired) electrons. The Labute approximate surface area is 144 Å². The van der Waals surface area contributed by atoms with E-state index in [2.05, 4.69) is 43.0 Å². The molecule has 4 heteroatoms. The van der Waals surface area contributed by atoms with E-state index in [-0.39, 0.29) is 11.9 Å². The number of nitrogens with one attached hydrogen (secondary N) is 3. The summed E-state index contributed by atoms with van der Waals surface area (Å²) in [5.41, 5.74) is 10.1. The van der Waals surface area contributed by atoms with E-state index in [0.717, 1.165) is 30.6 Å². The Hall–Kier alpha value is -2.49. The predicted molar refractivity (Wildman–Crippen MR) is 101 cm³/mol. The number of rotatable bonds is 8. The van der Waals surface area contributed by atoms with Crippen molar-refractivity contribution in [2.75, 3.05) is 10.7 Å². The normalized spacial score (nSPS) is 11.6. The first-order valence-electron chi connectivity index (χ1n) is 8.55. The summed E-state index contributed by atoms with van der Waals surface area (Å²) in [6, 6.07) is 15.5. The molecule has 0 aliphatic carbocycles. The van der Waals surface area contributed by atoms with Crippen LogP contribution in [-0.2, 0) is 4.79 Å². The number of hydrogen-bond donors (Lipinski definition) is 3. The van der Waals surface area contributed by atoms with Gasteiger partial charge in [0.1, 0.15) is 6.04 Å². The molecule has 2 aromatic carbocycles. The number of benzene rings is 2. The average molecular weight is 325 g/mol. The van der Waals surface area contributed by atoms with Gasteiger partial charge in [-0.1, -0.05) is 50.1 Å². The number of unbranched alkanes of at least 4 members (excludes halogenated alkanes) is 1. The van der Waals surface area contributed by atoms with E-state index in [1.54, 1.807) is 0 Å². The molecule has 2 aromatic rings. The van der Waals surface area contributed by atoms with E-state index < -0.39 is 0 Å². The van der Waals surface area contributed by atoms with Gasteiger partial charge in [-0.3, -0.25) is 15.6 Å². The van der Waals surface area contributed by atoms with Crippen LogP contribution in [0.4, 0.5) is 11.4 Å². The number of hydrazine groups is 1. The molecular weight excluding hydrogens is 298 g/mol. The van der Waals surface area contributed by atoms with Crippen molar-refractivity contribution < 1.29 is 4.79 Å². The summed E-state index contributed by atoms with van der Waals surface area (Å²) in [7, 11) is 0. The molecule has 1 atom stereocenters. The molecule has 128 valence electrons. The summed E-state index contributed by atoms with van der Waals surface area (Å²) in [5.74, 6) is -0.0480. The molecule has 0 aliphatic heterocycles. The third-order valence-corrected chi connectivity index (χ3v) is 4.20. The summed E-state index contributed by atoms with van der Waals surface area (Å²) < 4.78 is 0. The maximum absolute atomic E-state index is 12.6. The van der Waals surface area contributed by atoms with Crippen molar-refractivity contribution in [2.24, 2.45) is 0 Å². The molecular formula is C20H27N3O. The Bertz CT molecular complexity index is 655. The minimum atomic E-state index is -0.262. The first-order valence-corrected chi connectivity index (χ1v) is 8.55. The summed E-state index contributed by atoms with van der Waals surface area (Å²) in [4.78, 5) is 12.6. The van der Waals surface area contributed by atoms with Crippen LogP contribution in [0, 0.1) is 13.8 Å². The molecule has 24 heavy (non-hydrogen) atoms. The fraction of sp³-hybridized carbons (Fsp3) is 0.350. The molecule has 0 saturated carbocycles. The minimum absolute atomic E-state index is 0.0480. The Morgan fingerprint density at radius 2 is 1.79 bits per heavy atom. The fourth-order valence-electron chi connectivity index (χ4n) is 2.51. The monoisotopic (exact) mass is 325 g/mol. The minimum Gasteiger partial charge on any atom is -0.373 e. The largest absolute Gasteiger partial charge is 0.373 e. The third-order valence-electron chi connectivity index (χ3n) is 4.20. The Morgan fingerprint density at radius 1 is 1.04 bits per heavy atom. The fourth-order valence-corrected chi connectivity index (χ4v) is 2.51. The molecule has 4 nitrogen and oxygen atoms in total. The zero-order valence-corrected chi connectivity index (χ0v) is 14.7. The molecule has 3 N–H and O–H groups in total. The molecule has 0 spiro atoms. The second-order valence-electron chi connectivity index (χ2n) is 6.07. The number of carbonyl (C=O) groups excluding carboxylic acids is 1. The average Bonchev–Trinajstić information content (AvgIpc) is 2.61. The van der Waals surface area contributed by atoms with Crippen LogP contribution >= 0.6 is 0 Å². The zero-order valence-electron chi connectivity index (χ0n) is 14.7. The van der Waals surface area contributed by atoms with Gasteiger partial charge in [-0.25, -0.2) is 0 Å². The van der Waals surface area contributed by atoms with Crippen molar-refractivity contribution in [3.63, 3.8) is 0 Å². The number of amides is 1.